The van der Waals surface area contributed by atoms with Gasteiger partial charge in [-0.1, -0.05) is 49.0 Å². The van der Waals surface area contributed by atoms with Gasteiger partial charge in [0.15, 0.2) is 11.0 Å². The average Bonchev–Trinajstić information content (AvgIpc) is 3.44. The number of pyridine rings is 1. The predicted molar refractivity (Wildman–Crippen MR) is 122 cm³/mol. The molecule has 4 rings (SSSR count). The fourth-order valence-electron chi connectivity index (χ4n) is 3.06. The average molecular weight is 451 g/mol. The zero-order valence-electron chi connectivity index (χ0n) is 17.1. The molecule has 0 unspecified atom stereocenters. The van der Waals surface area contributed by atoms with Crippen LogP contribution >= 0.6 is 23.1 Å². The van der Waals surface area contributed by atoms with Crippen LogP contribution in [-0.4, -0.2) is 41.5 Å². The maximum atomic E-state index is 12.5. The molecule has 31 heavy (non-hydrogen) atoms. The third-order valence-corrected chi connectivity index (χ3v) is 6.72. The lowest BCUT2D eigenvalue weighted by Crippen LogP contribution is -2.09. The van der Waals surface area contributed by atoms with E-state index >= 15 is 0 Å². The minimum atomic E-state index is 0.101. The first-order valence-electron chi connectivity index (χ1n) is 10.1. The smallest absolute Gasteiger partial charge is 0.191 e. The Morgan fingerprint density at radius 1 is 1.03 bits per heavy atom. The van der Waals surface area contributed by atoms with Crippen LogP contribution in [0.15, 0.2) is 60.0 Å². The van der Waals surface area contributed by atoms with Crippen LogP contribution < -0.4 is 0 Å². The number of Topliss-reactive ketones (excluding diaryl/α,β-unsaturated/α-hetero) is 1. The van der Waals surface area contributed by atoms with Crippen molar-refractivity contribution in [1.29, 1.82) is 0 Å². The highest BCUT2D eigenvalue weighted by atomic mass is 32.2. The number of benzene rings is 1. The van der Waals surface area contributed by atoms with Gasteiger partial charge < -0.3 is 4.57 Å². The molecular weight excluding hydrogens is 428 g/mol. The number of hydrogen-bond acceptors (Lipinski definition) is 8. The van der Waals surface area contributed by atoms with E-state index in [2.05, 4.69) is 42.1 Å². The second-order valence-corrected chi connectivity index (χ2v) is 8.97. The summed E-state index contributed by atoms with van der Waals surface area (Å²) in [5.74, 6) is 1.18. The molecule has 3 aromatic heterocycles. The van der Waals surface area contributed by atoms with Crippen LogP contribution in [0.2, 0.25) is 0 Å². The zero-order chi connectivity index (χ0) is 21.5. The fourth-order valence-corrected chi connectivity index (χ4v) is 4.70. The summed E-state index contributed by atoms with van der Waals surface area (Å²) >= 11 is 2.91. The van der Waals surface area contributed by atoms with E-state index in [1.807, 2.05) is 37.3 Å². The molecule has 0 radical (unpaired) electrons. The molecule has 3 heterocycles. The summed E-state index contributed by atoms with van der Waals surface area (Å²) in [5.41, 5.74) is 2.14. The number of aromatic nitrogens is 6. The van der Waals surface area contributed by atoms with Crippen LogP contribution in [0.1, 0.15) is 22.5 Å². The number of thioether (sulfide) groups is 1. The molecule has 0 amide bonds. The highest BCUT2D eigenvalue weighted by molar-refractivity contribution is 7.99. The Bertz CT molecular complexity index is 1130. The minimum Gasteiger partial charge on any atom is -0.302 e. The second-order valence-electron chi connectivity index (χ2n) is 6.88. The van der Waals surface area contributed by atoms with Gasteiger partial charge >= 0.3 is 0 Å². The Morgan fingerprint density at radius 3 is 2.61 bits per heavy atom. The molecule has 0 N–H and O–H groups in total. The Hall–Kier alpha value is -2.91. The molecule has 0 saturated heterocycles. The Balaban J connectivity index is 1.48. The third-order valence-electron chi connectivity index (χ3n) is 4.63. The third kappa shape index (κ3) is 5.62. The first-order valence-corrected chi connectivity index (χ1v) is 11.9. The summed E-state index contributed by atoms with van der Waals surface area (Å²) < 4.78 is 2.07. The van der Waals surface area contributed by atoms with E-state index in [1.54, 1.807) is 12.4 Å². The quantitative estimate of drug-likeness (QED) is 0.339. The van der Waals surface area contributed by atoms with E-state index in [4.69, 9.17) is 0 Å². The van der Waals surface area contributed by atoms with Gasteiger partial charge in [0.2, 0.25) is 0 Å². The van der Waals surface area contributed by atoms with Crippen molar-refractivity contribution in [3.05, 3.63) is 70.4 Å². The summed E-state index contributed by atoms with van der Waals surface area (Å²) in [6.07, 6.45) is 5.50. The van der Waals surface area contributed by atoms with Crippen molar-refractivity contribution in [2.24, 2.45) is 0 Å². The number of aryl methyl sites for hydroxylation is 2. The van der Waals surface area contributed by atoms with E-state index in [0.717, 1.165) is 39.4 Å². The molecule has 0 aliphatic heterocycles. The fraction of sp³-hybridized carbons (Fsp3) is 0.273. The summed E-state index contributed by atoms with van der Waals surface area (Å²) in [4.78, 5) is 16.7. The molecule has 1 aromatic carbocycles. The van der Waals surface area contributed by atoms with E-state index < -0.39 is 0 Å². The lowest BCUT2D eigenvalue weighted by Gasteiger charge is -2.10. The summed E-state index contributed by atoms with van der Waals surface area (Å²) in [6, 6.07) is 14.2. The van der Waals surface area contributed by atoms with Gasteiger partial charge in [-0.2, -0.15) is 0 Å². The minimum absolute atomic E-state index is 0.101. The normalized spacial score (nSPS) is 11.0. The van der Waals surface area contributed by atoms with Crippen LogP contribution in [-0.2, 0) is 30.6 Å². The van der Waals surface area contributed by atoms with Gasteiger partial charge in [-0.3, -0.25) is 9.78 Å². The van der Waals surface area contributed by atoms with E-state index in [0.29, 0.717) is 18.7 Å². The lowest BCUT2D eigenvalue weighted by atomic mass is 10.1. The van der Waals surface area contributed by atoms with Crippen molar-refractivity contribution in [1.82, 2.24) is 29.9 Å². The first kappa shape index (κ1) is 21.3. The second kappa shape index (κ2) is 10.4. The maximum absolute atomic E-state index is 12.5. The Kier molecular flexibility index (Phi) is 7.16. The van der Waals surface area contributed by atoms with Crippen molar-refractivity contribution in [2.75, 3.05) is 5.75 Å². The van der Waals surface area contributed by atoms with Crippen LogP contribution in [0.5, 0.6) is 0 Å². The molecule has 7 nitrogen and oxygen atoms in total. The number of ketones is 1. The standard InChI is InChI=1S/C22H22N6OS2/c1-2-19-24-25-20(31-19)13-18(29)15-30-22-27-26-21(17-9-6-11-23-14-17)28(22)12-10-16-7-4-3-5-8-16/h3-9,11,14H,2,10,12-13,15H2,1H3. The molecule has 0 atom stereocenters. The molecule has 0 bridgehead atoms. The van der Waals surface area contributed by atoms with Crippen LogP contribution in [0.3, 0.4) is 0 Å². The van der Waals surface area contributed by atoms with Crippen molar-refractivity contribution < 1.29 is 4.79 Å². The number of carbonyl (C=O) groups is 1. The number of carbonyl (C=O) groups excluding carboxylic acids is 1. The molecule has 4 aromatic rings. The van der Waals surface area contributed by atoms with Gasteiger partial charge in [-0.25, -0.2) is 0 Å². The van der Waals surface area contributed by atoms with E-state index in [9.17, 15) is 4.79 Å². The number of nitrogens with zero attached hydrogens (tertiary/aromatic N) is 6. The molecule has 0 spiro atoms. The Morgan fingerprint density at radius 2 is 1.87 bits per heavy atom. The van der Waals surface area contributed by atoms with Gasteiger partial charge in [0.1, 0.15) is 15.8 Å². The summed E-state index contributed by atoms with van der Waals surface area (Å²) in [7, 11) is 0. The monoisotopic (exact) mass is 450 g/mol. The van der Waals surface area contributed by atoms with Crippen LogP contribution in [0.25, 0.3) is 11.4 Å². The van der Waals surface area contributed by atoms with Gasteiger partial charge in [-0.05, 0) is 30.5 Å². The topological polar surface area (TPSA) is 86.4 Å². The highest BCUT2D eigenvalue weighted by Gasteiger charge is 2.17. The molecule has 0 aliphatic carbocycles. The molecule has 0 saturated carbocycles. The van der Waals surface area contributed by atoms with Crippen LogP contribution in [0.4, 0.5) is 0 Å². The first-order chi connectivity index (χ1) is 15.2. The van der Waals surface area contributed by atoms with Gasteiger partial charge in [0.05, 0.1) is 12.2 Å². The molecule has 9 heteroatoms. The van der Waals surface area contributed by atoms with Gasteiger partial charge in [0, 0.05) is 24.5 Å². The summed E-state index contributed by atoms with van der Waals surface area (Å²) in [6.45, 7) is 2.75. The lowest BCUT2D eigenvalue weighted by molar-refractivity contribution is -0.116. The van der Waals surface area contributed by atoms with Crippen molar-refractivity contribution >= 4 is 28.9 Å². The molecular formula is C22H22N6OS2. The maximum Gasteiger partial charge on any atom is 0.191 e. The Labute approximate surface area is 189 Å². The van der Waals surface area contributed by atoms with E-state index in [-0.39, 0.29) is 5.78 Å². The van der Waals surface area contributed by atoms with Crippen molar-refractivity contribution in [3.63, 3.8) is 0 Å². The SMILES string of the molecule is CCc1nnc(CC(=O)CSc2nnc(-c3cccnc3)n2CCc2ccccc2)s1. The molecule has 158 valence electrons. The zero-order valence-corrected chi connectivity index (χ0v) is 18.8. The van der Waals surface area contributed by atoms with Crippen LogP contribution in [0, 0.1) is 0 Å². The summed E-state index contributed by atoms with van der Waals surface area (Å²) in [5, 5.41) is 19.4. The number of hydrogen-bond donors (Lipinski definition) is 0. The molecule has 0 fully saturated rings. The molecule has 0 aliphatic rings. The van der Waals surface area contributed by atoms with Gasteiger partial charge in [0.25, 0.3) is 0 Å². The number of rotatable bonds is 10. The van der Waals surface area contributed by atoms with Crippen molar-refractivity contribution in [2.45, 2.75) is 37.9 Å². The van der Waals surface area contributed by atoms with Gasteiger partial charge in [-0.15, -0.1) is 31.7 Å². The van der Waals surface area contributed by atoms with Crippen molar-refractivity contribution in [3.8, 4) is 11.4 Å². The van der Waals surface area contributed by atoms with E-state index in [1.165, 1.54) is 28.7 Å². The largest absolute Gasteiger partial charge is 0.302 e. The highest BCUT2D eigenvalue weighted by Crippen LogP contribution is 2.24. The predicted octanol–water partition coefficient (Wildman–Crippen LogP) is 3.90.